The lowest BCUT2D eigenvalue weighted by Crippen LogP contribution is -2.37. The first-order chi connectivity index (χ1) is 16.6. The molecule has 0 aromatic heterocycles. The number of carbonyl (C=O) groups is 3. The number of allylic oxidation sites excluding steroid dienone is 1. The van der Waals surface area contributed by atoms with Gasteiger partial charge in [0.25, 0.3) is 0 Å². The summed E-state index contributed by atoms with van der Waals surface area (Å²) in [5.74, 6) is -1.02. The molecule has 1 amide bonds. The van der Waals surface area contributed by atoms with Gasteiger partial charge in [-0.3, -0.25) is 15.0 Å². The third-order valence-corrected chi connectivity index (χ3v) is 4.88. The molecule has 0 saturated heterocycles. The van der Waals surface area contributed by atoms with E-state index in [1.54, 1.807) is 68.5 Å². The van der Waals surface area contributed by atoms with Crippen LogP contribution < -0.4 is 10.5 Å². The molecule has 0 bridgehead atoms. The van der Waals surface area contributed by atoms with Crippen LogP contribution in [0.25, 0.3) is 6.08 Å². The van der Waals surface area contributed by atoms with Gasteiger partial charge in [0.05, 0.1) is 12.2 Å². The Morgan fingerprint density at radius 2 is 1.57 bits per heavy atom. The van der Waals surface area contributed by atoms with Crippen molar-refractivity contribution in [3.63, 3.8) is 0 Å². The second-order valence-corrected chi connectivity index (χ2v) is 8.05. The molecule has 2 aromatic carbocycles. The molecular formula is C27H31N3O5. The van der Waals surface area contributed by atoms with Crippen molar-refractivity contribution in [2.24, 2.45) is 5.73 Å². The fourth-order valence-electron chi connectivity index (χ4n) is 3.02. The Morgan fingerprint density at radius 3 is 2.11 bits per heavy atom. The Morgan fingerprint density at radius 1 is 0.971 bits per heavy atom. The number of hydrogen-bond donors (Lipinski definition) is 2. The standard InChI is InChI=1S/C27H31N3O5/c1-5-34-24(31)17-30(15-14-18(2)3)26(32)19(4)16-20-6-8-22(9-7-20)27(33)35-23-12-10-21(11-13-23)25(28)29/h6-14,16H,5,15,17H2,1-4H3,(H3,28,29). The molecule has 2 rings (SSSR count). The molecule has 0 saturated carbocycles. The highest BCUT2D eigenvalue weighted by atomic mass is 16.5. The van der Waals surface area contributed by atoms with Crippen LogP contribution >= 0.6 is 0 Å². The van der Waals surface area contributed by atoms with E-state index < -0.39 is 11.9 Å². The first-order valence-electron chi connectivity index (χ1n) is 11.1. The number of amidine groups is 1. The maximum atomic E-state index is 13.0. The van der Waals surface area contributed by atoms with E-state index in [4.69, 9.17) is 20.6 Å². The number of nitrogens with zero attached hydrogens (tertiary/aromatic N) is 1. The normalized spacial score (nSPS) is 10.8. The van der Waals surface area contributed by atoms with E-state index in [1.165, 1.54) is 4.90 Å². The van der Waals surface area contributed by atoms with Crippen LogP contribution in [0.3, 0.4) is 0 Å². The smallest absolute Gasteiger partial charge is 0.343 e. The van der Waals surface area contributed by atoms with Crippen LogP contribution in [0, 0.1) is 5.41 Å². The van der Waals surface area contributed by atoms with Gasteiger partial charge < -0.3 is 20.1 Å². The number of hydrogen-bond acceptors (Lipinski definition) is 6. The van der Waals surface area contributed by atoms with Gasteiger partial charge in [-0.15, -0.1) is 0 Å². The molecule has 0 unspecified atom stereocenters. The average Bonchev–Trinajstić information content (AvgIpc) is 2.82. The summed E-state index contributed by atoms with van der Waals surface area (Å²) in [6.45, 7) is 7.64. The lowest BCUT2D eigenvalue weighted by Gasteiger charge is -2.21. The van der Waals surface area contributed by atoms with Gasteiger partial charge in [0.15, 0.2) is 0 Å². The highest BCUT2D eigenvalue weighted by Gasteiger charge is 2.18. The SMILES string of the molecule is CCOC(=O)CN(CC=C(C)C)C(=O)C(C)=Cc1ccc(C(=O)Oc2ccc(C(=N)N)cc2)cc1. The van der Waals surface area contributed by atoms with E-state index in [0.717, 1.165) is 11.1 Å². The fraction of sp³-hybridized carbons (Fsp3) is 0.259. The van der Waals surface area contributed by atoms with Crippen LogP contribution in [0.1, 0.15) is 49.2 Å². The minimum absolute atomic E-state index is 0.0683. The number of carbonyl (C=O) groups excluding carboxylic acids is 3. The fourth-order valence-corrected chi connectivity index (χ4v) is 3.02. The van der Waals surface area contributed by atoms with Gasteiger partial charge in [0.2, 0.25) is 5.91 Å². The van der Waals surface area contributed by atoms with Crippen LogP contribution in [0.2, 0.25) is 0 Å². The maximum absolute atomic E-state index is 13.0. The Bertz CT molecular complexity index is 1130. The molecule has 0 heterocycles. The van der Waals surface area contributed by atoms with Crippen LogP contribution in [-0.4, -0.2) is 48.3 Å². The van der Waals surface area contributed by atoms with E-state index in [1.807, 2.05) is 19.9 Å². The van der Waals surface area contributed by atoms with Gasteiger partial charge in [-0.05, 0) is 75.7 Å². The second-order valence-electron chi connectivity index (χ2n) is 8.05. The van der Waals surface area contributed by atoms with Crippen molar-refractivity contribution in [1.82, 2.24) is 4.90 Å². The first-order valence-corrected chi connectivity index (χ1v) is 11.1. The third kappa shape index (κ3) is 8.58. The summed E-state index contributed by atoms with van der Waals surface area (Å²) in [4.78, 5) is 38.8. The van der Waals surface area contributed by atoms with Gasteiger partial charge in [0.1, 0.15) is 18.1 Å². The predicted molar refractivity (Wildman–Crippen MR) is 135 cm³/mol. The summed E-state index contributed by atoms with van der Waals surface area (Å²) in [6, 6.07) is 13.0. The van der Waals surface area contributed by atoms with Crippen LogP contribution in [0.5, 0.6) is 5.75 Å². The zero-order valence-electron chi connectivity index (χ0n) is 20.5. The number of benzene rings is 2. The van der Waals surface area contributed by atoms with Crippen molar-refractivity contribution in [1.29, 1.82) is 5.41 Å². The Hall–Kier alpha value is -4.20. The van der Waals surface area contributed by atoms with E-state index in [-0.39, 0.29) is 24.9 Å². The van der Waals surface area contributed by atoms with E-state index in [2.05, 4.69) is 0 Å². The first kappa shape index (κ1) is 27.0. The molecule has 0 aliphatic heterocycles. The van der Waals surface area contributed by atoms with E-state index in [0.29, 0.717) is 29.0 Å². The van der Waals surface area contributed by atoms with Gasteiger partial charge in [-0.2, -0.15) is 0 Å². The molecule has 8 heteroatoms. The summed E-state index contributed by atoms with van der Waals surface area (Å²) >= 11 is 0. The molecule has 8 nitrogen and oxygen atoms in total. The molecule has 0 aliphatic rings. The van der Waals surface area contributed by atoms with E-state index in [9.17, 15) is 14.4 Å². The van der Waals surface area contributed by atoms with Crippen molar-refractivity contribution >= 4 is 29.8 Å². The van der Waals surface area contributed by atoms with Crippen LogP contribution in [0.15, 0.2) is 65.8 Å². The molecule has 3 N–H and O–H groups in total. The maximum Gasteiger partial charge on any atom is 0.343 e. The Kier molecular flexibility index (Phi) is 9.96. The van der Waals surface area contributed by atoms with Crippen molar-refractivity contribution in [2.45, 2.75) is 27.7 Å². The zero-order valence-corrected chi connectivity index (χ0v) is 20.5. The Labute approximate surface area is 205 Å². The molecule has 35 heavy (non-hydrogen) atoms. The molecule has 0 atom stereocenters. The number of nitrogens with one attached hydrogen (secondary N) is 1. The zero-order chi connectivity index (χ0) is 26.0. The van der Waals surface area contributed by atoms with Crippen molar-refractivity contribution in [3.8, 4) is 5.75 Å². The summed E-state index contributed by atoms with van der Waals surface area (Å²) in [6.07, 6.45) is 3.57. The summed E-state index contributed by atoms with van der Waals surface area (Å²) in [5.41, 5.74) is 8.49. The number of nitrogens with two attached hydrogens (primary N) is 1. The number of amides is 1. The average molecular weight is 478 g/mol. The van der Waals surface area contributed by atoms with Gasteiger partial charge in [-0.25, -0.2) is 4.79 Å². The number of rotatable bonds is 10. The monoisotopic (exact) mass is 477 g/mol. The summed E-state index contributed by atoms with van der Waals surface area (Å²) in [7, 11) is 0. The van der Waals surface area contributed by atoms with Crippen LogP contribution in [0.4, 0.5) is 0 Å². The quantitative estimate of drug-likeness (QED) is 0.133. The topological polar surface area (TPSA) is 123 Å². The van der Waals surface area contributed by atoms with Gasteiger partial charge >= 0.3 is 11.9 Å². The predicted octanol–water partition coefficient (Wildman–Crippen LogP) is 3.95. The highest BCUT2D eigenvalue weighted by molar-refractivity contribution is 5.99. The summed E-state index contributed by atoms with van der Waals surface area (Å²) in [5, 5.41) is 7.40. The van der Waals surface area contributed by atoms with Gasteiger partial charge in [0, 0.05) is 17.7 Å². The summed E-state index contributed by atoms with van der Waals surface area (Å²) < 4.78 is 10.3. The van der Waals surface area contributed by atoms with Crippen molar-refractivity contribution in [2.75, 3.05) is 19.7 Å². The lowest BCUT2D eigenvalue weighted by molar-refractivity contribution is -0.147. The minimum atomic E-state index is -0.536. The highest BCUT2D eigenvalue weighted by Crippen LogP contribution is 2.16. The number of ether oxygens (including phenoxy) is 2. The lowest BCUT2D eigenvalue weighted by atomic mass is 10.1. The molecule has 0 aliphatic carbocycles. The molecule has 184 valence electrons. The molecular weight excluding hydrogens is 446 g/mol. The third-order valence-electron chi connectivity index (χ3n) is 4.88. The number of nitrogen functional groups attached to an aromatic ring is 1. The molecule has 0 fully saturated rings. The van der Waals surface area contributed by atoms with Crippen LogP contribution in [-0.2, 0) is 14.3 Å². The molecule has 2 aromatic rings. The number of esters is 2. The Balaban J connectivity index is 2.10. The molecule has 0 spiro atoms. The largest absolute Gasteiger partial charge is 0.465 e. The van der Waals surface area contributed by atoms with Gasteiger partial charge in [-0.1, -0.05) is 23.8 Å². The van der Waals surface area contributed by atoms with Crippen molar-refractivity contribution in [3.05, 3.63) is 82.4 Å². The van der Waals surface area contributed by atoms with E-state index >= 15 is 0 Å². The molecule has 0 radical (unpaired) electrons. The minimum Gasteiger partial charge on any atom is -0.465 e. The second kappa shape index (κ2) is 12.9. The van der Waals surface area contributed by atoms with Crippen molar-refractivity contribution < 1.29 is 23.9 Å².